The standard InChI is InChI=1S/C13H20N2O/c1-15(2)9-11-3-5-12(6-4-11)13(16)7-8-14-10-13/h3-6,14,16H,7-10H2,1-2H3. The minimum atomic E-state index is -0.656. The highest BCUT2D eigenvalue weighted by Gasteiger charge is 2.32. The Hall–Kier alpha value is -0.900. The predicted molar refractivity (Wildman–Crippen MR) is 65.2 cm³/mol. The first kappa shape index (κ1) is 11.6. The molecule has 0 aliphatic carbocycles. The summed E-state index contributed by atoms with van der Waals surface area (Å²) in [4.78, 5) is 2.14. The molecule has 2 N–H and O–H groups in total. The van der Waals surface area contributed by atoms with E-state index in [4.69, 9.17) is 0 Å². The Morgan fingerprint density at radius 3 is 2.50 bits per heavy atom. The van der Waals surface area contributed by atoms with Crippen molar-refractivity contribution in [3.63, 3.8) is 0 Å². The summed E-state index contributed by atoms with van der Waals surface area (Å²) in [5, 5.41) is 13.6. The summed E-state index contributed by atoms with van der Waals surface area (Å²) in [7, 11) is 4.12. The van der Waals surface area contributed by atoms with Gasteiger partial charge in [-0.2, -0.15) is 0 Å². The highest BCUT2D eigenvalue weighted by Crippen LogP contribution is 2.27. The average molecular weight is 220 g/mol. The molecule has 0 bridgehead atoms. The molecule has 1 aliphatic heterocycles. The summed E-state index contributed by atoms with van der Waals surface area (Å²) in [5.74, 6) is 0. The Balaban J connectivity index is 2.12. The Labute approximate surface area is 97.1 Å². The SMILES string of the molecule is CN(C)Cc1ccc(C2(O)CCNC2)cc1. The molecule has 0 aromatic heterocycles. The van der Waals surface area contributed by atoms with E-state index in [0.717, 1.165) is 25.1 Å². The number of hydrogen-bond donors (Lipinski definition) is 2. The van der Waals surface area contributed by atoms with Crippen LogP contribution in [0.15, 0.2) is 24.3 Å². The smallest absolute Gasteiger partial charge is 0.103 e. The van der Waals surface area contributed by atoms with Crippen LogP contribution in [0.5, 0.6) is 0 Å². The average Bonchev–Trinajstić information content (AvgIpc) is 2.66. The van der Waals surface area contributed by atoms with E-state index in [1.807, 2.05) is 12.1 Å². The lowest BCUT2D eigenvalue weighted by molar-refractivity contribution is 0.0587. The molecule has 1 aromatic rings. The maximum Gasteiger partial charge on any atom is 0.103 e. The first-order valence-electron chi connectivity index (χ1n) is 5.77. The van der Waals surface area contributed by atoms with Crippen LogP contribution in [-0.2, 0) is 12.1 Å². The van der Waals surface area contributed by atoms with Crippen LogP contribution in [0.2, 0.25) is 0 Å². The zero-order valence-electron chi connectivity index (χ0n) is 10.0. The number of β-amino-alcohol motifs (C(OH)–C–C–N with tert-alkyl or cyclic N) is 1. The van der Waals surface area contributed by atoms with E-state index < -0.39 is 5.60 Å². The van der Waals surface area contributed by atoms with Crippen molar-refractivity contribution in [2.45, 2.75) is 18.6 Å². The molecule has 0 saturated carbocycles. The number of rotatable bonds is 3. The molecule has 2 rings (SSSR count). The lowest BCUT2D eigenvalue weighted by Crippen LogP contribution is -2.28. The van der Waals surface area contributed by atoms with E-state index in [0.29, 0.717) is 6.54 Å². The summed E-state index contributed by atoms with van der Waals surface area (Å²) in [5.41, 5.74) is 1.65. The normalized spacial score (nSPS) is 25.2. The van der Waals surface area contributed by atoms with Gasteiger partial charge in [0.05, 0.1) is 0 Å². The molecule has 1 aliphatic rings. The Morgan fingerprint density at radius 1 is 1.31 bits per heavy atom. The second-order valence-electron chi connectivity index (χ2n) is 4.89. The van der Waals surface area contributed by atoms with Gasteiger partial charge >= 0.3 is 0 Å². The third-order valence-electron chi connectivity index (χ3n) is 3.12. The largest absolute Gasteiger partial charge is 0.384 e. The molecule has 1 fully saturated rings. The van der Waals surface area contributed by atoms with E-state index in [2.05, 4.69) is 36.4 Å². The minimum Gasteiger partial charge on any atom is -0.384 e. The van der Waals surface area contributed by atoms with Crippen molar-refractivity contribution in [3.05, 3.63) is 35.4 Å². The van der Waals surface area contributed by atoms with Crippen LogP contribution >= 0.6 is 0 Å². The Morgan fingerprint density at radius 2 is 2.00 bits per heavy atom. The lowest BCUT2D eigenvalue weighted by atomic mass is 9.92. The van der Waals surface area contributed by atoms with Gasteiger partial charge < -0.3 is 15.3 Å². The molecule has 1 saturated heterocycles. The highest BCUT2D eigenvalue weighted by molar-refractivity contribution is 5.28. The number of nitrogens with one attached hydrogen (secondary N) is 1. The molecular formula is C13H20N2O. The van der Waals surface area contributed by atoms with Crippen molar-refractivity contribution >= 4 is 0 Å². The molecule has 1 unspecified atom stereocenters. The van der Waals surface area contributed by atoms with Crippen molar-refractivity contribution in [3.8, 4) is 0 Å². The first-order valence-corrected chi connectivity index (χ1v) is 5.77. The van der Waals surface area contributed by atoms with E-state index in [1.165, 1.54) is 5.56 Å². The molecule has 1 heterocycles. The molecule has 1 atom stereocenters. The zero-order valence-corrected chi connectivity index (χ0v) is 10.0. The molecule has 0 spiro atoms. The van der Waals surface area contributed by atoms with Gasteiger partial charge in [0.15, 0.2) is 0 Å². The number of aliphatic hydroxyl groups is 1. The van der Waals surface area contributed by atoms with Gasteiger partial charge in [0.2, 0.25) is 0 Å². The fourth-order valence-corrected chi connectivity index (χ4v) is 2.21. The van der Waals surface area contributed by atoms with Crippen molar-refractivity contribution < 1.29 is 5.11 Å². The van der Waals surface area contributed by atoms with Crippen molar-refractivity contribution in [1.29, 1.82) is 0 Å². The third-order valence-corrected chi connectivity index (χ3v) is 3.12. The molecule has 1 aromatic carbocycles. The maximum atomic E-state index is 10.4. The van der Waals surface area contributed by atoms with Crippen LogP contribution < -0.4 is 5.32 Å². The first-order chi connectivity index (χ1) is 7.60. The van der Waals surface area contributed by atoms with Gasteiger partial charge in [0, 0.05) is 13.1 Å². The van der Waals surface area contributed by atoms with E-state index in [9.17, 15) is 5.11 Å². The van der Waals surface area contributed by atoms with Crippen molar-refractivity contribution in [2.75, 3.05) is 27.2 Å². The van der Waals surface area contributed by atoms with Gasteiger partial charge in [0.1, 0.15) is 5.60 Å². The predicted octanol–water partition coefficient (Wildman–Crippen LogP) is 0.929. The van der Waals surface area contributed by atoms with E-state index in [-0.39, 0.29) is 0 Å². The zero-order chi connectivity index (χ0) is 11.6. The number of nitrogens with zero attached hydrogens (tertiary/aromatic N) is 1. The number of benzene rings is 1. The third kappa shape index (κ3) is 2.43. The number of hydrogen-bond acceptors (Lipinski definition) is 3. The van der Waals surface area contributed by atoms with Crippen LogP contribution in [0, 0.1) is 0 Å². The van der Waals surface area contributed by atoms with Crippen LogP contribution in [0.25, 0.3) is 0 Å². The lowest BCUT2D eigenvalue weighted by Gasteiger charge is -2.22. The summed E-state index contributed by atoms with van der Waals surface area (Å²) >= 11 is 0. The van der Waals surface area contributed by atoms with E-state index >= 15 is 0 Å². The highest BCUT2D eigenvalue weighted by atomic mass is 16.3. The quantitative estimate of drug-likeness (QED) is 0.795. The molecule has 0 radical (unpaired) electrons. The molecule has 3 nitrogen and oxygen atoms in total. The van der Waals surface area contributed by atoms with E-state index in [1.54, 1.807) is 0 Å². The summed E-state index contributed by atoms with van der Waals surface area (Å²) < 4.78 is 0. The maximum absolute atomic E-state index is 10.4. The molecule has 88 valence electrons. The minimum absolute atomic E-state index is 0.656. The summed E-state index contributed by atoms with van der Waals surface area (Å²) in [6.45, 7) is 2.51. The van der Waals surface area contributed by atoms with Gasteiger partial charge in [-0.05, 0) is 38.2 Å². The fourth-order valence-electron chi connectivity index (χ4n) is 2.21. The molecule has 3 heteroatoms. The Bertz CT molecular complexity index is 339. The van der Waals surface area contributed by atoms with Gasteiger partial charge in [0.25, 0.3) is 0 Å². The van der Waals surface area contributed by atoms with Crippen LogP contribution in [0.3, 0.4) is 0 Å². The van der Waals surface area contributed by atoms with Gasteiger partial charge in [-0.25, -0.2) is 0 Å². The Kier molecular flexibility index (Phi) is 3.28. The van der Waals surface area contributed by atoms with Crippen LogP contribution in [0.4, 0.5) is 0 Å². The van der Waals surface area contributed by atoms with Crippen LogP contribution in [-0.4, -0.2) is 37.2 Å². The van der Waals surface area contributed by atoms with Gasteiger partial charge in [-0.3, -0.25) is 0 Å². The van der Waals surface area contributed by atoms with Crippen molar-refractivity contribution in [2.24, 2.45) is 0 Å². The fraction of sp³-hybridized carbons (Fsp3) is 0.538. The molecular weight excluding hydrogens is 200 g/mol. The van der Waals surface area contributed by atoms with Crippen molar-refractivity contribution in [1.82, 2.24) is 10.2 Å². The van der Waals surface area contributed by atoms with Crippen LogP contribution in [0.1, 0.15) is 17.5 Å². The molecule has 16 heavy (non-hydrogen) atoms. The second kappa shape index (κ2) is 4.53. The second-order valence-corrected chi connectivity index (χ2v) is 4.89. The van der Waals surface area contributed by atoms with Gasteiger partial charge in [-0.1, -0.05) is 24.3 Å². The monoisotopic (exact) mass is 220 g/mol. The summed E-state index contributed by atoms with van der Waals surface area (Å²) in [6, 6.07) is 8.30. The summed E-state index contributed by atoms with van der Waals surface area (Å²) in [6.07, 6.45) is 0.806. The topological polar surface area (TPSA) is 35.5 Å². The molecule has 0 amide bonds. The van der Waals surface area contributed by atoms with Gasteiger partial charge in [-0.15, -0.1) is 0 Å².